The third-order valence-electron chi connectivity index (χ3n) is 4.72. The van der Waals surface area contributed by atoms with E-state index >= 15 is 0 Å². The van der Waals surface area contributed by atoms with Crippen molar-refractivity contribution in [2.45, 2.75) is 19.8 Å². The van der Waals surface area contributed by atoms with Crippen molar-refractivity contribution in [1.29, 1.82) is 0 Å². The average molecular weight is 363 g/mol. The molecule has 1 fully saturated rings. The summed E-state index contributed by atoms with van der Waals surface area (Å²) in [4.78, 5) is 14.8. The van der Waals surface area contributed by atoms with Crippen molar-refractivity contribution < 1.29 is 13.2 Å². The molecule has 3 rings (SSSR count). The quantitative estimate of drug-likeness (QED) is 0.835. The lowest BCUT2D eigenvalue weighted by Crippen LogP contribution is -2.38. The molecule has 0 aliphatic carbocycles. The summed E-state index contributed by atoms with van der Waals surface area (Å²) >= 11 is 0. The fourth-order valence-electron chi connectivity index (χ4n) is 3.44. The number of rotatable bonds is 4. The Balaban J connectivity index is 1.79. The molecule has 0 spiro atoms. The number of sulfonamides is 1. The van der Waals surface area contributed by atoms with E-state index in [1.54, 1.807) is 4.90 Å². The van der Waals surface area contributed by atoms with Gasteiger partial charge in [-0.2, -0.15) is 0 Å². The summed E-state index contributed by atoms with van der Waals surface area (Å²) in [7, 11) is -1.28. The van der Waals surface area contributed by atoms with Gasteiger partial charge in [0.15, 0.2) is 0 Å². The SMILES string of the molecule is CCCS(=O)(=O)N1CCCN(C(=O)c2cn(C)c3ccccc23)CC1. The van der Waals surface area contributed by atoms with E-state index in [2.05, 4.69) is 0 Å². The molecule has 1 aliphatic rings. The molecule has 1 aromatic heterocycles. The smallest absolute Gasteiger partial charge is 0.256 e. The molecular formula is C18H25N3O3S. The van der Waals surface area contributed by atoms with Crippen molar-refractivity contribution in [3.05, 3.63) is 36.0 Å². The van der Waals surface area contributed by atoms with Crippen LogP contribution in [0.4, 0.5) is 0 Å². The van der Waals surface area contributed by atoms with E-state index in [1.165, 1.54) is 4.31 Å². The van der Waals surface area contributed by atoms with Gasteiger partial charge in [-0.3, -0.25) is 4.79 Å². The van der Waals surface area contributed by atoms with Crippen LogP contribution in [0.3, 0.4) is 0 Å². The van der Waals surface area contributed by atoms with E-state index in [9.17, 15) is 13.2 Å². The Hall–Kier alpha value is -1.86. The highest BCUT2D eigenvalue weighted by Crippen LogP contribution is 2.22. The first kappa shape index (κ1) is 17.9. The molecule has 0 saturated carbocycles. The van der Waals surface area contributed by atoms with Crippen molar-refractivity contribution >= 4 is 26.8 Å². The highest BCUT2D eigenvalue weighted by molar-refractivity contribution is 7.89. The van der Waals surface area contributed by atoms with Gasteiger partial charge in [0.2, 0.25) is 10.0 Å². The van der Waals surface area contributed by atoms with E-state index < -0.39 is 10.0 Å². The van der Waals surface area contributed by atoms with Gasteiger partial charge < -0.3 is 9.47 Å². The molecule has 25 heavy (non-hydrogen) atoms. The molecule has 1 aromatic carbocycles. The summed E-state index contributed by atoms with van der Waals surface area (Å²) in [5, 5.41) is 0.940. The summed E-state index contributed by atoms with van der Waals surface area (Å²) in [5.41, 5.74) is 1.70. The number of amides is 1. The molecule has 7 heteroatoms. The van der Waals surface area contributed by atoms with Crippen molar-refractivity contribution in [1.82, 2.24) is 13.8 Å². The number of aromatic nitrogens is 1. The number of benzene rings is 1. The predicted molar refractivity (Wildman–Crippen MR) is 99.1 cm³/mol. The van der Waals surface area contributed by atoms with E-state index in [-0.39, 0.29) is 11.7 Å². The largest absolute Gasteiger partial charge is 0.350 e. The lowest BCUT2D eigenvalue weighted by molar-refractivity contribution is 0.0766. The number of carbonyl (C=O) groups is 1. The minimum atomic E-state index is -3.21. The van der Waals surface area contributed by atoms with Crippen LogP contribution in [0.15, 0.2) is 30.5 Å². The topological polar surface area (TPSA) is 62.6 Å². The maximum atomic E-state index is 13.0. The second kappa shape index (κ2) is 7.17. The summed E-state index contributed by atoms with van der Waals surface area (Å²) in [6.45, 7) is 3.75. The lowest BCUT2D eigenvalue weighted by atomic mass is 10.1. The molecule has 0 bridgehead atoms. The van der Waals surface area contributed by atoms with Gasteiger partial charge in [0.05, 0.1) is 11.3 Å². The first-order valence-corrected chi connectivity index (χ1v) is 10.4. The summed E-state index contributed by atoms with van der Waals surface area (Å²) in [5.74, 6) is 0.149. The van der Waals surface area contributed by atoms with Crippen molar-refractivity contribution in [2.24, 2.45) is 7.05 Å². The van der Waals surface area contributed by atoms with Crippen LogP contribution in [0.2, 0.25) is 0 Å². The Kier molecular flexibility index (Phi) is 5.15. The Morgan fingerprint density at radius 3 is 2.64 bits per heavy atom. The summed E-state index contributed by atoms with van der Waals surface area (Å²) in [6.07, 6.45) is 3.14. The van der Waals surface area contributed by atoms with Crippen LogP contribution in [0.1, 0.15) is 30.1 Å². The second-order valence-corrected chi connectivity index (χ2v) is 8.62. The zero-order chi connectivity index (χ0) is 18.0. The minimum absolute atomic E-state index is 0.0217. The van der Waals surface area contributed by atoms with Crippen molar-refractivity contribution in [3.8, 4) is 0 Å². The first-order chi connectivity index (χ1) is 11.9. The zero-order valence-corrected chi connectivity index (χ0v) is 15.6. The normalized spacial score (nSPS) is 17.0. The molecule has 1 amide bonds. The van der Waals surface area contributed by atoms with Crippen LogP contribution >= 0.6 is 0 Å². The van der Waals surface area contributed by atoms with E-state index in [0.717, 1.165) is 10.9 Å². The molecule has 0 radical (unpaired) electrons. The number of nitrogens with zero attached hydrogens (tertiary/aromatic N) is 3. The van der Waals surface area contributed by atoms with Gasteiger partial charge in [0.1, 0.15) is 0 Å². The van der Waals surface area contributed by atoms with E-state index in [0.29, 0.717) is 44.6 Å². The first-order valence-electron chi connectivity index (χ1n) is 8.75. The molecule has 136 valence electrons. The molecular weight excluding hydrogens is 338 g/mol. The highest BCUT2D eigenvalue weighted by Gasteiger charge is 2.27. The fraction of sp³-hybridized carbons (Fsp3) is 0.500. The average Bonchev–Trinajstić information content (AvgIpc) is 2.76. The Bertz CT molecular complexity index is 873. The van der Waals surface area contributed by atoms with Crippen LogP contribution in [-0.2, 0) is 17.1 Å². The van der Waals surface area contributed by atoms with Gasteiger partial charge in [0, 0.05) is 50.3 Å². The van der Waals surface area contributed by atoms with Crippen LogP contribution in [0.25, 0.3) is 10.9 Å². The lowest BCUT2D eigenvalue weighted by Gasteiger charge is -2.21. The molecule has 6 nitrogen and oxygen atoms in total. The van der Waals surface area contributed by atoms with Crippen LogP contribution in [0.5, 0.6) is 0 Å². The Labute approximate surface area is 149 Å². The summed E-state index contributed by atoms with van der Waals surface area (Å²) < 4.78 is 28.1. The highest BCUT2D eigenvalue weighted by atomic mass is 32.2. The number of aryl methyl sites for hydroxylation is 1. The molecule has 1 aliphatic heterocycles. The zero-order valence-electron chi connectivity index (χ0n) is 14.8. The number of hydrogen-bond acceptors (Lipinski definition) is 3. The third-order valence-corrected chi connectivity index (χ3v) is 6.80. The minimum Gasteiger partial charge on any atom is -0.350 e. The monoisotopic (exact) mass is 363 g/mol. The number of carbonyl (C=O) groups excluding carboxylic acids is 1. The molecule has 0 N–H and O–H groups in total. The van der Waals surface area contributed by atoms with E-state index in [1.807, 2.05) is 49.0 Å². The van der Waals surface area contributed by atoms with Crippen LogP contribution < -0.4 is 0 Å². The standard InChI is InChI=1S/C18H25N3O3S/c1-3-13-25(23,24)21-10-6-9-20(11-12-21)18(22)16-14-19(2)17-8-5-4-7-15(16)17/h4-5,7-8,14H,3,6,9-13H2,1-2H3. The van der Waals surface area contributed by atoms with Gasteiger partial charge in [-0.05, 0) is 18.9 Å². The van der Waals surface area contributed by atoms with Gasteiger partial charge in [-0.15, -0.1) is 0 Å². The molecule has 2 heterocycles. The molecule has 1 saturated heterocycles. The molecule has 2 aromatic rings. The third kappa shape index (κ3) is 3.57. The number of para-hydroxylation sites is 1. The van der Waals surface area contributed by atoms with Crippen molar-refractivity contribution in [3.63, 3.8) is 0 Å². The van der Waals surface area contributed by atoms with Gasteiger partial charge in [-0.25, -0.2) is 12.7 Å². The second-order valence-electron chi connectivity index (χ2n) is 6.53. The molecule has 0 unspecified atom stereocenters. The van der Waals surface area contributed by atoms with Crippen molar-refractivity contribution in [2.75, 3.05) is 31.9 Å². The van der Waals surface area contributed by atoms with Gasteiger partial charge in [0.25, 0.3) is 5.91 Å². The van der Waals surface area contributed by atoms with E-state index in [4.69, 9.17) is 0 Å². The molecule has 0 atom stereocenters. The summed E-state index contributed by atoms with van der Waals surface area (Å²) in [6, 6.07) is 7.84. The number of hydrogen-bond donors (Lipinski definition) is 0. The Morgan fingerprint density at radius 2 is 1.88 bits per heavy atom. The van der Waals surface area contributed by atoms with Crippen LogP contribution in [0, 0.1) is 0 Å². The Morgan fingerprint density at radius 1 is 1.12 bits per heavy atom. The van der Waals surface area contributed by atoms with Gasteiger partial charge >= 0.3 is 0 Å². The maximum Gasteiger partial charge on any atom is 0.256 e. The fourth-order valence-corrected chi connectivity index (χ4v) is 4.99. The van der Waals surface area contributed by atoms with Crippen LogP contribution in [-0.4, -0.2) is 60.0 Å². The predicted octanol–water partition coefficient (Wildman–Crippen LogP) is 2.07. The maximum absolute atomic E-state index is 13.0. The number of fused-ring (bicyclic) bond motifs is 1. The van der Waals surface area contributed by atoms with Gasteiger partial charge in [-0.1, -0.05) is 25.1 Å².